The van der Waals surface area contributed by atoms with Crippen LogP contribution >= 0.6 is 11.3 Å². The molecule has 0 aliphatic rings. The van der Waals surface area contributed by atoms with E-state index in [0.29, 0.717) is 0 Å². The highest BCUT2D eigenvalue weighted by molar-refractivity contribution is 7.11. The van der Waals surface area contributed by atoms with Gasteiger partial charge in [0, 0.05) is 29.7 Å². The smallest absolute Gasteiger partial charge is 0.107 e. The molecule has 0 bridgehead atoms. The first kappa shape index (κ1) is 10.6. The molecule has 13 heavy (non-hydrogen) atoms. The SMILES string of the molecule is Cc1cnc(CNCC(C)(C)N)s1. The second-order valence-corrected chi connectivity index (χ2v) is 5.28. The number of hydrogen-bond acceptors (Lipinski definition) is 4. The minimum atomic E-state index is -0.147. The van der Waals surface area contributed by atoms with E-state index in [1.807, 2.05) is 20.0 Å². The van der Waals surface area contributed by atoms with Crippen LogP contribution in [-0.2, 0) is 6.54 Å². The van der Waals surface area contributed by atoms with E-state index in [4.69, 9.17) is 5.73 Å². The molecule has 74 valence electrons. The Kier molecular flexibility index (Phi) is 3.41. The first-order valence-corrected chi connectivity index (χ1v) is 5.20. The van der Waals surface area contributed by atoms with Crippen LogP contribution in [0.4, 0.5) is 0 Å². The first-order valence-electron chi connectivity index (χ1n) is 4.38. The molecule has 0 aromatic carbocycles. The number of nitrogens with two attached hydrogens (primary N) is 1. The van der Waals surface area contributed by atoms with Crippen molar-refractivity contribution in [1.29, 1.82) is 0 Å². The third-order valence-corrected chi connectivity index (χ3v) is 2.44. The Balaban J connectivity index is 2.28. The van der Waals surface area contributed by atoms with Crippen molar-refractivity contribution in [1.82, 2.24) is 10.3 Å². The molecule has 0 spiro atoms. The van der Waals surface area contributed by atoms with Gasteiger partial charge in [-0.05, 0) is 20.8 Å². The third kappa shape index (κ3) is 4.36. The van der Waals surface area contributed by atoms with Gasteiger partial charge in [0.2, 0.25) is 0 Å². The third-order valence-electron chi connectivity index (χ3n) is 1.53. The normalized spacial score (nSPS) is 12.0. The molecule has 3 nitrogen and oxygen atoms in total. The lowest BCUT2D eigenvalue weighted by atomic mass is 10.1. The van der Waals surface area contributed by atoms with Crippen LogP contribution in [0, 0.1) is 6.92 Å². The van der Waals surface area contributed by atoms with E-state index >= 15 is 0 Å². The van der Waals surface area contributed by atoms with Gasteiger partial charge in [-0.15, -0.1) is 11.3 Å². The standard InChI is InChI=1S/C9H17N3S/c1-7-4-12-8(13-7)5-11-6-9(2,3)10/h4,11H,5-6,10H2,1-3H3. The van der Waals surface area contributed by atoms with E-state index < -0.39 is 0 Å². The molecule has 3 N–H and O–H groups in total. The molecule has 0 atom stereocenters. The number of thiazole rings is 1. The highest BCUT2D eigenvalue weighted by Crippen LogP contribution is 2.10. The highest BCUT2D eigenvalue weighted by Gasteiger charge is 2.09. The van der Waals surface area contributed by atoms with Gasteiger partial charge in [0.05, 0.1) is 0 Å². The summed E-state index contributed by atoms with van der Waals surface area (Å²) in [5, 5.41) is 4.40. The Morgan fingerprint density at radius 3 is 2.77 bits per heavy atom. The minimum Gasteiger partial charge on any atom is -0.324 e. The van der Waals surface area contributed by atoms with Crippen LogP contribution in [0.5, 0.6) is 0 Å². The van der Waals surface area contributed by atoms with E-state index in [9.17, 15) is 0 Å². The van der Waals surface area contributed by atoms with Gasteiger partial charge in [0.1, 0.15) is 5.01 Å². The van der Waals surface area contributed by atoms with Crippen molar-refractivity contribution in [3.63, 3.8) is 0 Å². The van der Waals surface area contributed by atoms with Crippen LogP contribution < -0.4 is 11.1 Å². The quantitative estimate of drug-likeness (QED) is 0.768. The van der Waals surface area contributed by atoms with E-state index in [1.54, 1.807) is 11.3 Å². The zero-order valence-corrected chi connectivity index (χ0v) is 9.24. The molecule has 0 radical (unpaired) electrons. The van der Waals surface area contributed by atoms with Gasteiger partial charge in [-0.3, -0.25) is 0 Å². The van der Waals surface area contributed by atoms with Crippen molar-refractivity contribution in [2.75, 3.05) is 6.54 Å². The van der Waals surface area contributed by atoms with Crippen molar-refractivity contribution in [3.05, 3.63) is 16.1 Å². The topological polar surface area (TPSA) is 50.9 Å². The van der Waals surface area contributed by atoms with Crippen LogP contribution in [-0.4, -0.2) is 17.1 Å². The summed E-state index contributed by atoms with van der Waals surface area (Å²) in [7, 11) is 0. The van der Waals surface area contributed by atoms with Gasteiger partial charge < -0.3 is 11.1 Å². The summed E-state index contributed by atoms with van der Waals surface area (Å²) in [5.41, 5.74) is 5.68. The molecule has 0 saturated heterocycles. The maximum atomic E-state index is 5.83. The van der Waals surface area contributed by atoms with Crippen LogP contribution in [0.1, 0.15) is 23.7 Å². The van der Waals surface area contributed by atoms with Crippen molar-refractivity contribution >= 4 is 11.3 Å². The predicted octanol–water partition coefficient (Wildman–Crippen LogP) is 1.28. The maximum Gasteiger partial charge on any atom is 0.107 e. The number of hydrogen-bond donors (Lipinski definition) is 2. The summed E-state index contributed by atoms with van der Waals surface area (Å²) in [6.07, 6.45) is 1.90. The summed E-state index contributed by atoms with van der Waals surface area (Å²) in [6, 6.07) is 0. The zero-order chi connectivity index (χ0) is 9.90. The summed E-state index contributed by atoms with van der Waals surface area (Å²) in [4.78, 5) is 5.50. The lowest BCUT2D eigenvalue weighted by Crippen LogP contribution is -2.42. The summed E-state index contributed by atoms with van der Waals surface area (Å²) in [6.45, 7) is 7.71. The molecule has 1 aromatic heterocycles. The fourth-order valence-corrected chi connectivity index (χ4v) is 1.73. The summed E-state index contributed by atoms with van der Waals surface area (Å²) >= 11 is 1.72. The highest BCUT2D eigenvalue weighted by atomic mass is 32.1. The van der Waals surface area contributed by atoms with Crippen molar-refractivity contribution in [3.8, 4) is 0 Å². The molecule has 4 heteroatoms. The van der Waals surface area contributed by atoms with Gasteiger partial charge in [0.25, 0.3) is 0 Å². The van der Waals surface area contributed by atoms with Crippen LogP contribution in [0.25, 0.3) is 0 Å². The molecule has 0 aliphatic heterocycles. The second kappa shape index (κ2) is 4.17. The van der Waals surface area contributed by atoms with Crippen molar-refractivity contribution < 1.29 is 0 Å². The van der Waals surface area contributed by atoms with Gasteiger partial charge in [-0.1, -0.05) is 0 Å². The molecule has 1 aromatic rings. The molecule has 0 aliphatic carbocycles. The van der Waals surface area contributed by atoms with E-state index in [-0.39, 0.29) is 5.54 Å². The average molecular weight is 199 g/mol. The molecule has 0 unspecified atom stereocenters. The van der Waals surface area contributed by atoms with Crippen LogP contribution in [0.15, 0.2) is 6.20 Å². The van der Waals surface area contributed by atoms with Crippen LogP contribution in [0.3, 0.4) is 0 Å². The molecular weight excluding hydrogens is 182 g/mol. The molecular formula is C9H17N3S. The fourth-order valence-electron chi connectivity index (χ4n) is 0.975. The van der Waals surface area contributed by atoms with Crippen molar-refractivity contribution in [2.24, 2.45) is 5.73 Å². The van der Waals surface area contributed by atoms with Crippen LogP contribution in [0.2, 0.25) is 0 Å². The zero-order valence-electron chi connectivity index (χ0n) is 8.42. The molecule has 0 saturated carbocycles. The molecule has 1 rings (SSSR count). The molecule has 0 amide bonds. The summed E-state index contributed by atoms with van der Waals surface area (Å²) in [5.74, 6) is 0. The Morgan fingerprint density at radius 2 is 2.31 bits per heavy atom. The fraction of sp³-hybridized carbons (Fsp3) is 0.667. The Hall–Kier alpha value is -0.450. The monoisotopic (exact) mass is 199 g/mol. The predicted molar refractivity (Wildman–Crippen MR) is 56.8 cm³/mol. The molecule has 0 fully saturated rings. The number of aromatic nitrogens is 1. The Morgan fingerprint density at radius 1 is 1.62 bits per heavy atom. The Labute approximate surface area is 83.4 Å². The Bertz CT molecular complexity index is 262. The largest absolute Gasteiger partial charge is 0.324 e. The minimum absolute atomic E-state index is 0.147. The summed E-state index contributed by atoms with van der Waals surface area (Å²) < 4.78 is 0. The number of nitrogens with zero attached hydrogens (tertiary/aromatic N) is 1. The van der Waals surface area contributed by atoms with Gasteiger partial charge >= 0.3 is 0 Å². The second-order valence-electron chi connectivity index (χ2n) is 3.96. The van der Waals surface area contributed by atoms with E-state index in [2.05, 4.69) is 17.2 Å². The number of nitrogens with one attached hydrogen (secondary N) is 1. The molecule has 1 heterocycles. The van der Waals surface area contributed by atoms with E-state index in [1.165, 1.54) is 4.88 Å². The number of rotatable bonds is 4. The first-order chi connectivity index (χ1) is 5.97. The van der Waals surface area contributed by atoms with Gasteiger partial charge in [0.15, 0.2) is 0 Å². The number of aryl methyl sites for hydroxylation is 1. The van der Waals surface area contributed by atoms with Gasteiger partial charge in [-0.2, -0.15) is 0 Å². The van der Waals surface area contributed by atoms with Crippen molar-refractivity contribution in [2.45, 2.75) is 32.9 Å². The maximum absolute atomic E-state index is 5.83. The lowest BCUT2D eigenvalue weighted by molar-refractivity contribution is 0.466. The van der Waals surface area contributed by atoms with E-state index in [0.717, 1.165) is 18.1 Å². The lowest BCUT2D eigenvalue weighted by Gasteiger charge is -2.18. The van der Waals surface area contributed by atoms with Gasteiger partial charge in [-0.25, -0.2) is 4.98 Å². The average Bonchev–Trinajstić information content (AvgIpc) is 2.33.